The minimum Gasteiger partial charge on any atom is -0.344 e. The predicted octanol–water partition coefficient (Wildman–Crippen LogP) is 0.939. The molecule has 5 nitrogen and oxygen atoms in total. The molecule has 2 heterocycles. The van der Waals surface area contributed by atoms with E-state index < -0.39 is 0 Å². The number of carbonyl (C=O) groups excluding carboxylic acids is 2. The van der Waals surface area contributed by atoms with Gasteiger partial charge in [0.25, 0.3) is 0 Å². The number of halogens is 1. The number of hydrogen-bond donors (Lipinski definition) is 2. The van der Waals surface area contributed by atoms with Crippen LogP contribution in [-0.2, 0) is 9.59 Å². The van der Waals surface area contributed by atoms with Gasteiger partial charge >= 0.3 is 0 Å². The number of amides is 2. The number of hydrogen-bond acceptors (Lipinski definition) is 3. The molecule has 114 valence electrons. The second-order valence-electron chi connectivity index (χ2n) is 5.36. The molecule has 3 rings (SSSR count). The largest absolute Gasteiger partial charge is 0.344 e. The third kappa shape index (κ3) is 3.36. The van der Waals surface area contributed by atoms with Gasteiger partial charge in [0.1, 0.15) is 6.04 Å². The zero-order valence-electron chi connectivity index (χ0n) is 11.7. The smallest absolute Gasteiger partial charge is 0.249 e. The van der Waals surface area contributed by atoms with Gasteiger partial charge in [-0.15, -0.1) is 12.4 Å². The van der Waals surface area contributed by atoms with Crippen LogP contribution in [0.15, 0.2) is 30.3 Å². The van der Waals surface area contributed by atoms with E-state index in [1.807, 2.05) is 30.3 Å². The Hall–Kier alpha value is -1.59. The van der Waals surface area contributed by atoms with Gasteiger partial charge in [-0.2, -0.15) is 0 Å². The van der Waals surface area contributed by atoms with E-state index in [0.717, 1.165) is 25.2 Å². The standard InChI is InChI=1S/C15H19N3O2.ClH/c19-14(11-6-8-16-10-11)17-13-7-9-18(15(13)20)12-4-2-1-3-5-12;/h1-5,11,13,16H,6-10H2,(H,17,19);1H. The molecule has 0 saturated carbocycles. The van der Waals surface area contributed by atoms with Gasteiger partial charge in [-0.05, 0) is 31.5 Å². The number of carbonyl (C=O) groups is 2. The van der Waals surface area contributed by atoms with Gasteiger partial charge < -0.3 is 15.5 Å². The van der Waals surface area contributed by atoms with Crippen LogP contribution in [0.1, 0.15) is 12.8 Å². The Balaban J connectivity index is 0.00000161. The van der Waals surface area contributed by atoms with E-state index in [9.17, 15) is 9.59 Å². The summed E-state index contributed by atoms with van der Waals surface area (Å²) in [6, 6.07) is 9.23. The average Bonchev–Trinajstić information content (AvgIpc) is 3.11. The maximum Gasteiger partial charge on any atom is 0.249 e. The lowest BCUT2D eigenvalue weighted by Gasteiger charge is -2.18. The van der Waals surface area contributed by atoms with E-state index in [2.05, 4.69) is 10.6 Å². The molecule has 0 spiro atoms. The highest BCUT2D eigenvalue weighted by Crippen LogP contribution is 2.21. The maximum absolute atomic E-state index is 12.4. The summed E-state index contributed by atoms with van der Waals surface area (Å²) in [6.07, 6.45) is 1.54. The molecule has 0 aromatic heterocycles. The quantitative estimate of drug-likeness (QED) is 0.873. The van der Waals surface area contributed by atoms with Crippen molar-refractivity contribution in [2.24, 2.45) is 5.92 Å². The third-order valence-corrected chi connectivity index (χ3v) is 4.02. The van der Waals surface area contributed by atoms with Crippen molar-refractivity contribution in [3.05, 3.63) is 30.3 Å². The van der Waals surface area contributed by atoms with E-state index in [0.29, 0.717) is 13.0 Å². The number of nitrogens with zero attached hydrogens (tertiary/aromatic N) is 1. The van der Waals surface area contributed by atoms with Crippen molar-refractivity contribution < 1.29 is 9.59 Å². The van der Waals surface area contributed by atoms with Crippen molar-refractivity contribution in [1.82, 2.24) is 10.6 Å². The Morgan fingerprint density at radius 2 is 2.00 bits per heavy atom. The molecule has 0 radical (unpaired) electrons. The summed E-state index contributed by atoms with van der Waals surface area (Å²) in [7, 11) is 0. The lowest BCUT2D eigenvalue weighted by Crippen LogP contribution is -2.44. The average molecular weight is 310 g/mol. The molecule has 2 N–H and O–H groups in total. The van der Waals surface area contributed by atoms with E-state index in [4.69, 9.17) is 0 Å². The van der Waals surface area contributed by atoms with Crippen LogP contribution in [0.25, 0.3) is 0 Å². The molecular weight excluding hydrogens is 290 g/mol. The number of para-hydroxylation sites is 1. The zero-order chi connectivity index (χ0) is 13.9. The summed E-state index contributed by atoms with van der Waals surface area (Å²) in [5.41, 5.74) is 0.900. The predicted molar refractivity (Wildman–Crippen MR) is 83.6 cm³/mol. The summed E-state index contributed by atoms with van der Waals surface area (Å²) in [5.74, 6) is 0.00680. The minimum absolute atomic E-state index is 0. The van der Waals surface area contributed by atoms with Gasteiger partial charge in [-0.3, -0.25) is 9.59 Å². The monoisotopic (exact) mass is 309 g/mol. The van der Waals surface area contributed by atoms with Crippen LogP contribution in [0.4, 0.5) is 5.69 Å². The summed E-state index contributed by atoms with van der Waals surface area (Å²) in [5, 5.41) is 6.07. The Morgan fingerprint density at radius 1 is 1.24 bits per heavy atom. The SMILES string of the molecule is Cl.O=C(NC1CCN(c2ccccc2)C1=O)C1CCNC1. The second-order valence-corrected chi connectivity index (χ2v) is 5.36. The molecule has 2 atom stereocenters. The van der Waals surface area contributed by atoms with Gasteiger partial charge in [-0.1, -0.05) is 18.2 Å². The van der Waals surface area contributed by atoms with Gasteiger partial charge in [0, 0.05) is 18.8 Å². The Bertz CT molecular complexity index is 503. The molecule has 0 aliphatic carbocycles. The zero-order valence-corrected chi connectivity index (χ0v) is 12.6. The highest BCUT2D eigenvalue weighted by Gasteiger charge is 2.35. The molecule has 1 aromatic rings. The van der Waals surface area contributed by atoms with Crippen LogP contribution >= 0.6 is 12.4 Å². The lowest BCUT2D eigenvalue weighted by atomic mass is 10.1. The summed E-state index contributed by atoms with van der Waals surface area (Å²) in [6.45, 7) is 2.26. The Labute approximate surface area is 130 Å². The number of rotatable bonds is 3. The van der Waals surface area contributed by atoms with Gasteiger partial charge in [-0.25, -0.2) is 0 Å². The first-order valence-electron chi connectivity index (χ1n) is 7.13. The first-order valence-corrected chi connectivity index (χ1v) is 7.13. The Morgan fingerprint density at radius 3 is 2.67 bits per heavy atom. The number of anilines is 1. The fourth-order valence-corrected chi connectivity index (χ4v) is 2.85. The molecule has 2 unspecified atom stereocenters. The van der Waals surface area contributed by atoms with E-state index in [1.165, 1.54) is 0 Å². The summed E-state index contributed by atoms with van der Waals surface area (Å²) >= 11 is 0. The second kappa shape index (κ2) is 6.91. The molecule has 1 aromatic carbocycles. The van der Waals surface area contributed by atoms with Crippen molar-refractivity contribution in [3.63, 3.8) is 0 Å². The first-order chi connectivity index (χ1) is 9.75. The minimum atomic E-state index is -0.372. The van der Waals surface area contributed by atoms with Crippen LogP contribution in [0.2, 0.25) is 0 Å². The molecule has 2 aliphatic rings. The summed E-state index contributed by atoms with van der Waals surface area (Å²) < 4.78 is 0. The third-order valence-electron chi connectivity index (χ3n) is 4.02. The van der Waals surface area contributed by atoms with Gasteiger partial charge in [0.05, 0.1) is 5.92 Å². The van der Waals surface area contributed by atoms with Crippen molar-refractivity contribution >= 4 is 29.9 Å². The van der Waals surface area contributed by atoms with Crippen LogP contribution in [0.5, 0.6) is 0 Å². The highest BCUT2D eigenvalue weighted by molar-refractivity contribution is 6.01. The van der Waals surface area contributed by atoms with Crippen molar-refractivity contribution in [1.29, 1.82) is 0 Å². The molecule has 2 amide bonds. The van der Waals surface area contributed by atoms with Gasteiger partial charge in [0.2, 0.25) is 11.8 Å². The van der Waals surface area contributed by atoms with Crippen molar-refractivity contribution in [2.45, 2.75) is 18.9 Å². The van der Waals surface area contributed by atoms with E-state index in [1.54, 1.807) is 4.90 Å². The maximum atomic E-state index is 12.4. The molecule has 2 fully saturated rings. The fourth-order valence-electron chi connectivity index (χ4n) is 2.85. The fraction of sp³-hybridized carbons (Fsp3) is 0.467. The molecule has 0 bridgehead atoms. The van der Waals surface area contributed by atoms with Gasteiger partial charge in [0.15, 0.2) is 0 Å². The molecule has 21 heavy (non-hydrogen) atoms. The highest BCUT2D eigenvalue weighted by atomic mass is 35.5. The van der Waals surface area contributed by atoms with Crippen LogP contribution in [-0.4, -0.2) is 37.5 Å². The first kappa shape index (κ1) is 15.8. The molecule has 2 saturated heterocycles. The molecule has 6 heteroatoms. The lowest BCUT2D eigenvalue weighted by molar-refractivity contribution is -0.128. The van der Waals surface area contributed by atoms with Crippen LogP contribution in [0, 0.1) is 5.92 Å². The Kier molecular flexibility index (Phi) is 5.20. The van der Waals surface area contributed by atoms with E-state index >= 15 is 0 Å². The van der Waals surface area contributed by atoms with Crippen LogP contribution in [0.3, 0.4) is 0 Å². The molecule has 2 aliphatic heterocycles. The topological polar surface area (TPSA) is 61.4 Å². The number of nitrogens with one attached hydrogen (secondary N) is 2. The van der Waals surface area contributed by atoms with Crippen molar-refractivity contribution in [3.8, 4) is 0 Å². The van der Waals surface area contributed by atoms with E-state index in [-0.39, 0.29) is 36.2 Å². The van der Waals surface area contributed by atoms with Crippen molar-refractivity contribution in [2.75, 3.05) is 24.5 Å². The molecular formula is C15H20ClN3O2. The summed E-state index contributed by atoms with van der Waals surface area (Å²) in [4.78, 5) is 26.2. The normalized spacial score (nSPS) is 24.8. The van der Waals surface area contributed by atoms with Crippen LogP contribution < -0.4 is 15.5 Å². The number of benzene rings is 1.